The first kappa shape index (κ1) is 16.0. The van der Waals surface area contributed by atoms with E-state index in [1.807, 2.05) is 30.7 Å². The maximum Gasteiger partial charge on any atom is 0.140 e. The van der Waals surface area contributed by atoms with E-state index in [4.69, 9.17) is 0 Å². The second kappa shape index (κ2) is 6.89. The van der Waals surface area contributed by atoms with E-state index in [1.54, 1.807) is 0 Å². The van der Waals surface area contributed by atoms with Crippen molar-refractivity contribution >= 4 is 24.8 Å². The lowest BCUT2D eigenvalue weighted by atomic mass is 10.2. The second-order valence-corrected chi connectivity index (χ2v) is 4.48. The molecule has 3 heterocycles. The zero-order valence-corrected chi connectivity index (χ0v) is 12.4. The number of nitrogens with zero attached hydrogens (tertiary/aromatic N) is 3. The first-order valence-electron chi connectivity index (χ1n) is 6.01. The summed E-state index contributed by atoms with van der Waals surface area (Å²) in [6, 6.07) is 4.56. The SMILES string of the molecule is Cc1cnc(-c2ccncc2)n1C1CCNC1.Cl.Cl. The summed E-state index contributed by atoms with van der Waals surface area (Å²) in [5, 5.41) is 3.41. The van der Waals surface area contributed by atoms with Gasteiger partial charge in [-0.1, -0.05) is 0 Å². The van der Waals surface area contributed by atoms with Crippen molar-refractivity contribution in [1.29, 1.82) is 0 Å². The molecule has 6 heteroatoms. The molecule has 1 N–H and O–H groups in total. The molecule has 1 saturated heterocycles. The molecule has 1 unspecified atom stereocenters. The number of pyridine rings is 1. The molecule has 1 fully saturated rings. The number of aryl methyl sites for hydroxylation is 1. The lowest BCUT2D eigenvalue weighted by Gasteiger charge is -2.16. The molecule has 3 rings (SSSR count). The largest absolute Gasteiger partial charge is 0.324 e. The predicted molar refractivity (Wildman–Crippen MR) is 81.2 cm³/mol. The number of imidazole rings is 1. The first-order chi connectivity index (χ1) is 8.36. The fourth-order valence-corrected chi connectivity index (χ4v) is 2.48. The Morgan fingerprint density at radius 3 is 2.63 bits per heavy atom. The van der Waals surface area contributed by atoms with E-state index in [1.165, 1.54) is 12.1 Å². The number of hydrogen-bond acceptors (Lipinski definition) is 3. The molecule has 1 aliphatic heterocycles. The van der Waals surface area contributed by atoms with Crippen molar-refractivity contribution in [3.05, 3.63) is 36.4 Å². The highest BCUT2D eigenvalue weighted by Gasteiger charge is 2.21. The van der Waals surface area contributed by atoms with E-state index < -0.39 is 0 Å². The van der Waals surface area contributed by atoms with Crippen LogP contribution in [-0.4, -0.2) is 27.6 Å². The minimum absolute atomic E-state index is 0. The van der Waals surface area contributed by atoms with E-state index in [9.17, 15) is 0 Å². The Bertz CT molecular complexity index is 507. The molecule has 2 aromatic heterocycles. The van der Waals surface area contributed by atoms with Crippen LogP contribution in [0.1, 0.15) is 18.2 Å². The van der Waals surface area contributed by atoms with Crippen LogP contribution in [0, 0.1) is 6.92 Å². The Balaban J connectivity index is 0.000000902. The molecule has 0 aliphatic carbocycles. The summed E-state index contributed by atoms with van der Waals surface area (Å²) >= 11 is 0. The number of nitrogens with one attached hydrogen (secondary N) is 1. The maximum atomic E-state index is 4.54. The molecule has 104 valence electrons. The van der Waals surface area contributed by atoms with Gasteiger partial charge < -0.3 is 9.88 Å². The summed E-state index contributed by atoms with van der Waals surface area (Å²) < 4.78 is 2.34. The van der Waals surface area contributed by atoms with E-state index >= 15 is 0 Å². The fourth-order valence-electron chi connectivity index (χ4n) is 2.48. The molecule has 0 saturated carbocycles. The van der Waals surface area contributed by atoms with Gasteiger partial charge in [-0.15, -0.1) is 24.8 Å². The van der Waals surface area contributed by atoms with Gasteiger partial charge in [0.2, 0.25) is 0 Å². The second-order valence-electron chi connectivity index (χ2n) is 4.48. The van der Waals surface area contributed by atoms with Crippen LogP contribution in [0.15, 0.2) is 30.7 Å². The summed E-state index contributed by atoms with van der Waals surface area (Å²) in [4.78, 5) is 8.59. The zero-order chi connectivity index (χ0) is 11.7. The van der Waals surface area contributed by atoms with Crippen molar-refractivity contribution < 1.29 is 0 Å². The Kier molecular flexibility index (Phi) is 5.79. The number of rotatable bonds is 2. The average Bonchev–Trinajstić information content (AvgIpc) is 2.99. The molecule has 0 radical (unpaired) electrons. The van der Waals surface area contributed by atoms with Crippen molar-refractivity contribution in [2.24, 2.45) is 0 Å². The van der Waals surface area contributed by atoms with Crippen LogP contribution in [-0.2, 0) is 0 Å². The van der Waals surface area contributed by atoms with E-state index in [0.29, 0.717) is 6.04 Å². The van der Waals surface area contributed by atoms with Gasteiger partial charge in [-0.25, -0.2) is 4.98 Å². The first-order valence-corrected chi connectivity index (χ1v) is 6.01. The molecule has 4 nitrogen and oxygen atoms in total. The molecule has 0 bridgehead atoms. The molecule has 1 aliphatic rings. The zero-order valence-electron chi connectivity index (χ0n) is 10.7. The Hall–Kier alpha value is -1.10. The van der Waals surface area contributed by atoms with Crippen LogP contribution < -0.4 is 5.32 Å². The van der Waals surface area contributed by atoms with Gasteiger partial charge in [0.1, 0.15) is 5.82 Å². The van der Waals surface area contributed by atoms with Crippen molar-refractivity contribution in [2.75, 3.05) is 13.1 Å². The lowest BCUT2D eigenvalue weighted by molar-refractivity contribution is 0.541. The van der Waals surface area contributed by atoms with Crippen molar-refractivity contribution in [3.8, 4) is 11.4 Å². The Morgan fingerprint density at radius 2 is 2.00 bits per heavy atom. The van der Waals surface area contributed by atoms with Crippen LogP contribution >= 0.6 is 24.8 Å². The van der Waals surface area contributed by atoms with Gasteiger partial charge in [0.05, 0.1) is 0 Å². The molecule has 19 heavy (non-hydrogen) atoms. The van der Waals surface area contributed by atoms with Gasteiger partial charge in [-0.05, 0) is 32.0 Å². The highest BCUT2D eigenvalue weighted by Crippen LogP contribution is 2.26. The van der Waals surface area contributed by atoms with E-state index in [-0.39, 0.29) is 24.8 Å². The summed E-state index contributed by atoms with van der Waals surface area (Å²) in [6.07, 6.45) is 6.76. The third kappa shape index (κ3) is 3.08. The Morgan fingerprint density at radius 1 is 1.26 bits per heavy atom. The van der Waals surface area contributed by atoms with Gasteiger partial charge in [0, 0.05) is 42.4 Å². The highest BCUT2D eigenvalue weighted by atomic mass is 35.5. The van der Waals surface area contributed by atoms with Crippen molar-refractivity contribution in [2.45, 2.75) is 19.4 Å². The average molecular weight is 301 g/mol. The summed E-state index contributed by atoms with van der Waals surface area (Å²) in [6.45, 7) is 4.25. The molecule has 0 amide bonds. The summed E-state index contributed by atoms with van der Waals surface area (Å²) in [7, 11) is 0. The van der Waals surface area contributed by atoms with Gasteiger partial charge in [0.25, 0.3) is 0 Å². The smallest absolute Gasteiger partial charge is 0.140 e. The van der Waals surface area contributed by atoms with Crippen LogP contribution in [0.25, 0.3) is 11.4 Å². The van der Waals surface area contributed by atoms with E-state index in [0.717, 1.165) is 24.5 Å². The summed E-state index contributed by atoms with van der Waals surface area (Å²) in [5.74, 6) is 1.05. The lowest BCUT2D eigenvalue weighted by Crippen LogP contribution is -2.15. The van der Waals surface area contributed by atoms with Gasteiger partial charge in [-0.3, -0.25) is 4.98 Å². The minimum atomic E-state index is 0. The predicted octanol–water partition coefficient (Wildman–Crippen LogP) is 2.63. The molecule has 2 aromatic rings. The third-order valence-corrected chi connectivity index (χ3v) is 3.32. The van der Waals surface area contributed by atoms with Crippen molar-refractivity contribution in [1.82, 2.24) is 19.9 Å². The maximum absolute atomic E-state index is 4.54. The molecule has 1 atom stereocenters. The molecule has 0 aromatic carbocycles. The standard InChI is InChI=1S/C13H16N4.2ClH/c1-10-8-16-13(11-2-5-14-6-3-11)17(10)12-4-7-15-9-12;;/h2-3,5-6,8,12,15H,4,7,9H2,1H3;2*1H. The third-order valence-electron chi connectivity index (χ3n) is 3.32. The topological polar surface area (TPSA) is 42.7 Å². The highest BCUT2D eigenvalue weighted by molar-refractivity contribution is 5.85. The van der Waals surface area contributed by atoms with Gasteiger partial charge >= 0.3 is 0 Å². The van der Waals surface area contributed by atoms with Crippen LogP contribution in [0.4, 0.5) is 0 Å². The van der Waals surface area contributed by atoms with Crippen LogP contribution in [0.2, 0.25) is 0 Å². The normalized spacial score (nSPS) is 17.6. The van der Waals surface area contributed by atoms with Crippen LogP contribution in [0.3, 0.4) is 0 Å². The van der Waals surface area contributed by atoms with Gasteiger partial charge in [0.15, 0.2) is 0 Å². The van der Waals surface area contributed by atoms with E-state index in [2.05, 4.69) is 26.8 Å². The van der Waals surface area contributed by atoms with Crippen molar-refractivity contribution in [3.63, 3.8) is 0 Å². The Labute approximate surface area is 125 Å². The molecular weight excluding hydrogens is 283 g/mol. The number of aromatic nitrogens is 3. The number of halogens is 2. The molecular formula is C13H18Cl2N4. The minimum Gasteiger partial charge on any atom is -0.324 e. The van der Waals surface area contributed by atoms with Crippen LogP contribution in [0.5, 0.6) is 0 Å². The monoisotopic (exact) mass is 300 g/mol. The quantitative estimate of drug-likeness (QED) is 0.927. The molecule has 0 spiro atoms. The summed E-state index contributed by atoms with van der Waals surface area (Å²) in [5.41, 5.74) is 2.37. The van der Waals surface area contributed by atoms with Gasteiger partial charge in [-0.2, -0.15) is 0 Å². The fraction of sp³-hybridized carbons (Fsp3) is 0.385. The number of hydrogen-bond donors (Lipinski definition) is 1.